The van der Waals surface area contributed by atoms with Crippen molar-refractivity contribution in [2.24, 2.45) is 0 Å². The van der Waals surface area contributed by atoms with Crippen molar-refractivity contribution in [3.05, 3.63) is 48.4 Å². The molecule has 2 aromatic rings. The average Bonchev–Trinajstić information content (AvgIpc) is 3.05. The molecule has 1 heterocycles. The van der Waals surface area contributed by atoms with Crippen LogP contribution in [0.3, 0.4) is 0 Å². The average molecular weight is 382 g/mol. The first-order valence-corrected chi connectivity index (χ1v) is 9.64. The van der Waals surface area contributed by atoms with Gasteiger partial charge in [0.25, 0.3) is 11.1 Å². The fourth-order valence-electron chi connectivity index (χ4n) is 1.75. The molecule has 8 nitrogen and oxygen atoms in total. The number of rotatable bonds is 8. The molecule has 0 atom stereocenters. The van der Waals surface area contributed by atoms with E-state index in [1.54, 1.807) is 6.08 Å². The second-order valence-electron chi connectivity index (χ2n) is 5.06. The Morgan fingerprint density at radius 1 is 1.32 bits per heavy atom. The number of amides is 1. The zero-order valence-electron chi connectivity index (χ0n) is 13.8. The molecular formula is C15H18N4O4S2. The third-order valence-corrected chi connectivity index (χ3v) is 5.71. The van der Waals surface area contributed by atoms with Gasteiger partial charge in [0, 0.05) is 25.4 Å². The Hall–Kier alpha value is -2.17. The van der Waals surface area contributed by atoms with Crippen molar-refractivity contribution in [1.82, 2.24) is 19.8 Å². The van der Waals surface area contributed by atoms with Crippen LogP contribution in [0.1, 0.15) is 16.2 Å². The summed E-state index contributed by atoms with van der Waals surface area (Å²) < 4.78 is 30.4. The minimum Gasteiger partial charge on any atom is -0.414 e. The van der Waals surface area contributed by atoms with Crippen molar-refractivity contribution >= 4 is 27.7 Å². The molecule has 0 aliphatic carbocycles. The Kier molecular flexibility index (Phi) is 6.34. The zero-order chi connectivity index (χ0) is 18.4. The third-order valence-electron chi connectivity index (χ3n) is 3.07. The normalized spacial score (nSPS) is 11.5. The van der Waals surface area contributed by atoms with Gasteiger partial charge in [0.2, 0.25) is 15.9 Å². The van der Waals surface area contributed by atoms with Crippen molar-refractivity contribution in [3.63, 3.8) is 0 Å². The van der Waals surface area contributed by atoms with E-state index in [2.05, 4.69) is 22.1 Å². The van der Waals surface area contributed by atoms with Crippen LogP contribution >= 0.6 is 11.8 Å². The summed E-state index contributed by atoms with van der Waals surface area (Å²) in [4.78, 5) is 12.2. The highest BCUT2D eigenvalue weighted by molar-refractivity contribution is 7.99. The number of thioether (sulfide) groups is 1. The van der Waals surface area contributed by atoms with Crippen LogP contribution in [0, 0.1) is 0 Å². The van der Waals surface area contributed by atoms with E-state index in [0.717, 1.165) is 4.31 Å². The molecule has 1 aromatic heterocycles. The maximum absolute atomic E-state index is 12.1. The standard InChI is InChI=1S/C15H18N4O4S2/c1-4-9-24-15-18-17-13(23-15)10-16-14(20)11-5-7-12(8-6-11)25(21,22)19(2)3/h4-8H,1,9-10H2,2-3H3,(H,16,20). The summed E-state index contributed by atoms with van der Waals surface area (Å²) in [6.45, 7) is 3.68. The highest BCUT2D eigenvalue weighted by atomic mass is 32.2. The van der Waals surface area contributed by atoms with Crippen molar-refractivity contribution in [1.29, 1.82) is 0 Å². The van der Waals surface area contributed by atoms with E-state index in [1.807, 2.05) is 0 Å². The molecule has 0 radical (unpaired) electrons. The van der Waals surface area contributed by atoms with Crippen LogP contribution in [0.2, 0.25) is 0 Å². The molecule has 0 bridgehead atoms. The molecule has 2 rings (SSSR count). The van der Waals surface area contributed by atoms with E-state index in [4.69, 9.17) is 4.42 Å². The number of nitrogens with zero attached hydrogens (tertiary/aromatic N) is 3. The second kappa shape index (κ2) is 8.28. The molecule has 0 aliphatic rings. The smallest absolute Gasteiger partial charge is 0.276 e. The molecule has 134 valence electrons. The number of aromatic nitrogens is 2. The van der Waals surface area contributed by atoms with E-state index in [-0.39, 0.29) is 23.2 Å². The highest BCUT2D eigenvalue weighted by Crippen LogP contribution is 2.16. The maximum Gasteiger partial charge on any atom is 0.276 e. The summed E-state index contributed by atoms with van der Waals surface area (Å²) in [5, 5.41) is 10.7. The van der Waals surface area contributed by atoms with Crippen LogP contribution < -0.4 is 5.32 Å². The Labute approximate surface area is 150 Å². The summed E-state index contributed by atoms with van der Waals surface area (Å²) in [6, 6.07) is 5.68. The largest absolute Gasteiger partial charge is 0.414 e. The molecule has 0 spiro atoms. The number of nitrogens with one attached hydrogen (secondary N) is 1. The van der Waals surface area contributed by atoms with E-state index in [1.165, 1.54) is 50.1 Å². The summed E-state index contributed by atoms with van der Waals surface area (Å²) in [5.41, 5.74) is 0.332. The summed E-state index contributed by atoms with van der Waals surface area (Å²) in [7, 11) is -0.628. The van der Waals surface area contributed by atoms with E-state index in [9.17, 15) is 13.2 Å². The second-order valence-corrected chi connectivity index (χ2v) is 8.18. The first-order valence-electron chi connectivity index (χ1n) is 7.21. The first kappa shape index (κ1) is 19.2. The van der Waals surface area contributed by atoms with Gasteiger partial charge in [0.05, 0.1) is 11.4 Å². The van der Waals surface area contributed by atoms with Gasteiger partial charge in [-0.05, 0) is 24.3 Å². The lowest BCUT2D eigenvalue weighted by Crippen LogP contribution is -2.24. The number of hydrogen-bond acceptors (Lipinski definition) is 7. The van der Waals surface area contributed by atoms with Gasteiger partial charge >= 0.3 is 0 Å². The number of carbonyl (C=O) groups excluding carboxylic acids is 1. The highest BCUT2D eigenvalue weighted by Gasteiger charge is 2.17. The molecule has 0 fully saturated rings. The van der Waals surface area contributed by atoms with Crippen molar-refractivity contribution in [2.45, 2.75) is 16.7 Å². The van der Waals surface area contributed by atoms with Gasteiger partial charge in [-0.3, -0.25) is 4.79 Å². The number of carbonyl (C=O) groups is 1. The third kappa shape index (κ3) is 4.91. The Balaban J connectivity index is 1.97. The predicted octanol–water partition coefficient (Wildman–Crippen LogP) is 1.53. The molecule has 0 unspecified atom stereocenters. The van der Waals surface area contributed by atoms with Crippen LogP contribution in [0.4, 0.5) is 0 Å². The molecule has 0 aliphatic heterocycles. The quantitative estimate of drug-likeness (QED) is 0.545. The van der Waals surface area contributed by atoms with Crippen molar-refractivity contribution < 1.29 is 17.6 Å². The van der Waals surface area contributed by atoms with E-state index in [0.29, 0.717) is 16.5 Å². The lowest BCUT2D eigenvalue weighted by atomic mass is 10.2. The lowest BCUT2D eigenvalue weighted by molar-refractivity contribution is 0.0946. The Bertz CT molecular complexity index is 845. The maximum atomic E-state index is 12.1. The first-order chi connectivity index (χ1) is 11.8. The number of hydrogen-bond donors (Lipinski definition) is 1. The summed E-state index contributed by atoms with van der Waals surface area (Å²) >= 11 is 1.35. The van der Waals surface area contributed by atoms with Crippen LogP contribution in [0.25, 0.3) is 0 Å². The van der Waals surface area contributed by atoms with Gasteiger partial charge in [-0.1, -0.05) is 17.8 Å². The van der Waals surface area contributed by atoms with Gasteiger partial charge in [-0.15, -0.1) is 16.8 Å². The Morgan fingerprint density at radius 3 is 2.60 bits per heavy atom. The molecule has 0 saturated heterocycles. The van der Waals surface area contributed by atoms with Gasteiger partial charge in [-0.2, -0.15) is 0 Å². The minimum absolute atomic E-state index is 0.0816. The molecular weight excluding hydrogens is 364 g/mol. The monoisotopic (exact) mass is 382 g/mol. The van der Waals surface area contributed by atoms with E-state index < -0.39 is 10.0 Å². The van der Waals surface area contributed by atoms with Crippen LogP contribution in [0.5, 0.6) is 0 Å². The van der Waals surface area contributed by atoms with Crippen LogP contribution in [0.15, 0.2) is 51.5 Å². The number of benzene rings is 1. The van der Waals surface area contributed by atoms with Crippen molar-refractivity contribution in [2.75, 3.05) is 19.8 Å². The van der Waals surface area contributed by atoms with Crippen molar-refractivity contribution in [3.8, 4) is 0 Å². The van der Waals surface area contributed by atoms with Gasteiger partial charge in [0.15, 0.2) is 0 Å². The molecule has 10 heteroatoms. The fourth-order valence-corrected chi connectivity index (χ4v) is 3.16. The summed E-state index contributed by atoms with van der Waals surface area (Å²) in [6.07, 6.45) is 1.72. The molecule has 1 aromatic carbocycles. The lowest BCUT2D eigenvalue weighted by Gasteiger charge is -2.11. The fraction of sp³-hybridized carbons (Fsp3) is 0.267. The SMILES string of the molecule is C=CCSc1nnc(CNC(=O)c2ccc(S(=O)(=O)N(C)C)cc2)o1. The molecule has 0 saturated carbocycles. The molecule has 25 heavy (non-hydrogen) atoms. The molecule has 1 N–H and O–H groups in total. The molecule has 1 amide bonds. The van der Waals surface area contributed by atoms with Crippen LogP contribution in [-0.2, 0) is 16.6 Å². The van der Waals surface area contributed by atoms with E-state index >= 15 is 0 Å². The predicted molar refractivity (Wildman–Crippen MR) is 93.7 cm³/mol. The van der Waals surface area contributed by atoms with Crippen LogP contribution in [-0.4, -0.2) is 48.7 Å². The Morgan fingerprint density at radius 2 is 2.00 bits per heavy atom. The topological polar surface area (TPSA) is 105 Å². The summed E-state index contributed by atoms with van der Waals surface area (Å²) in [5.74, 6) is 0.565. The van der Waals surface area contributed by atoms with Gasteiger partial charge in [0.1, 0.15) is 0 Å². The zero-order valence-corrected chi connectivity index (χ0v) is 15.4. The van der Waals surface area contributed by atoms with Gasteiger partial charge in [-0.25, -0.2) is 12.7 Å². The minimum atomic E-state index is -3.52. The van der Waals surface area contributed by atoms with Gasteiger partial charge < -0.3 is 9.73 Å². The number of sulfonamides is 1.